The van der Waals surface area contributed by atoms with Crippen molar-refractivity contribution >= 4 is 21.7 Å². The quantitative estimate of drug-likeness (QED) is 0.270. The van der Waals surface area contributed by atoms with Crippen molar-refractivity contribution < 1.29 is 22.5 Å². The predicted octanol–water partition coefficient (Wildman–Crippen LogP) is 5.73. The van der Waals surface area contributed by atoms with Crippen LogP contribution in [0.4, 0.5) is 5.69 Å². The molecule has 0 bridgehead atoms. The summed E-state index contributed by atoms with van der Waals surface area (Å²) in [6, 6.07) is 15.7. The van der Waals surface area contributed by atoms with Gasteiger partial charge < -0.3 is 15.0 Å². The van der Waals surface area contributed by atoms with Crippen LogP contribution in [0.2, 0.25) is 0 Å². The Morgan fingerprint density at radius 1 is 1.00 bits per heavy atom. The molecule has 8 nitrogen and oxygen atoms in total. The van der Waals surface area contributed by atoms with Gasteiger partial charge in [0.05, 0.1) is 4.90 Å². The molecule has 1 aromatic heterocycles. The molecule has 1 heterocycles. The highest BCUT2D eigenvalue weighted by Gasteiger charge is 2.19. The van der Waals surface area contributed by atoms with Gasteiger partial charge in [-0.2, -0.15) is 8.42 Å². The van der Waals surface area contributed by atoms with Gasteiger partial charge in [-0.25, -0.2) is 0 Å². The van der Waals surface area contributed by atoms with E-state index in [1.165, 1.54) is 12.1 Å². The molecule has 0 fully saturated rings. The van der Waals surface area contributed by atoms with Crippen molar-refractivity contribution in [2.75, 3.05) is 11.9 Å². The number of aromatic nitrogens is 1. The molecule has 0 saturated heterocycles. The normalized spacial score (nSPS) is 11.8. The second-order valence-electron chi connectivity index (χ2n) is 8.90. The van der Waals surface area contributed by atoms with Crippen molar-refractivity contribution in [3.05, 3.63) is 83.7 Å². The second-order valence-corrected chi connectivity index (χ2v) is 10.3. The number of nitrogens with one attached hydrogen (secondary N) is 1. The zero-order chi connectivity index (χ0) is 27.6. The van der Waals surface area contributed by atoms with Crippen LogP contribution >= 0.6 is 0 Å². The molecule has 0 spiro atoms. The van der Waals surface area contributed by atoms with Crippen LogP contribution < -0.4 is 10.1 Å². The van der Waals surface area contributed by atoms with E-state index in [-0.39, 0.29) is 23.1 Å². The van der Waals surface area contributed by atoms with E-state index in [2.05, 4.69) is 17.2 Å². The Kier molecular flexibility index (Phi) is 11.1. The first-order valence-corrected chi connectivity index (χ1v) is 13.7. The maximum absolute atomic E-state index is 12.8. The largest absolute Gasteiger partial charge is 0.471 e. The molecule has 200 valence electrons. The summed E-state index contributed by atoms with van der Waals surface area (Å²) in [4.78, 5) is 18.6. The fourth-order valence-corrected chi connectivity index (χ4v) is 4.05. The summed E-state index contributed by atoms with van der Waals surface area (Å²) in [7, 11) is -4.02. The zero-order valence-electron chi connectivity index (χ0n) is 22.3. The number of anilines is 1. The number of amides is 1. The molecule has 9 heteroatoms. The molecule has 0 radical (unpaired) electrons. The van der Waals surface area contributed by atoms with E-state index in [1.807, 2.05) is 69.9 Å². The number of pyridine rings is 1. The number of rotatable bonds is 9. The van der Waals surface area contributed by atoms with E-state index in [4.69, 9.17) is 9.29 Å². The van der Waals surface area contributed by atoms with Gasteiger partial charge in [-0.05, 0) is 82.6 Å². The Bertz CT molecular complexity index is 1250. The first-order chi connectivity index (χ1) is 17.4. The lowest BCUT2D eigenvalue weighted by molar-refractivity contribution is 0.0716. The number of ether oxygens (including phenoxy) is 1. The molecule has 37 heavy (non-hydrogen) atoms. The Labute approximate surface area is 220 Å². The highest BCUT2D eigenvalue weighted by molar-refractivity contribution is 7.85. The smallest absolute Gasteiger partial charge is 0.294 e. The summed E-state index contributed by atoms with van der Waals surface area (Å²) in [5.41, 5.74) is 3.57. The minimum Gasteiger partial charge on any atom is -0.471 e. The van der Waals surface area contributed by atoms with Crippen molar-refractivity contribution in [3.63, 3.8) is 0 Å². The van der Waals surface area contributed by atoms with Crippen LogP contribution in [-0.4, -0.2) is 47.6 Å². The van der Waals surface area contributed by atoms with Crippen molar-refractivity contribution in [3.8, 4) is 5.75 Å². The molecule has 3 rings (SSSR count). The Balaban J connectivity index is 0.000000364. The van der Waals surface area contributed by atoms with Crippen molar-refractivity contribution in [2.24, 2.45) is 0 Å². The van der Waals surface area contributed by atoms with Gasteiger partial charge in [-0.15, -0.1) is 0 Å². The molecular weight excluding hydrogens is 490 g/mol. The molecule has 1 amide bonds. The third kappa shape index (κ3) is 9.51. The highest BCUT2D eigenvalue weighted by Crippen LogP contribution is 2.22. The molecular formula is C28H37N3O5S. The third-order valence-electron chi connectivity index (χ3n) is 5.50. The van der Waals surface area contributed by atoms with Gasteiger partial charge in [0.2, 0.25) is 0 Å². The number of hydrogen-bond acceptors (Lipinski definition) is 6. The van der Waals surface area contributed by atoms with Gasteiger partial charge in [0.15, 0.2) is 6.23 Å². The summed E-state index contributed by atoms with van der Waals surface area (Å²) in [5, 5.41) is 3.34. The molecule has 0 aliphatic rings. The average Bonchev–Trinajstić information content (AvgIpc) is 2.84. The summed E-state index contributed by atoms with van der Waals surface area (Å²) in [6.07, 6.45) is 4.08. The van der Waals surface area contributed by atoms with Crippen LogP contribution in [0.1, 0.15) is 55.6 Å². The van der Waals surface area contributed by atoms with E-state index in [0.29, 0.717) is 17.9 Å². The number of benzene rings is 2. The van der Waals surface area contributed by atoms with Gasteiger partial charge in [0, 0.05) is 42.7 Å². The lowest BCUT2D eigenvalue weighted by atomic mass is 10.1. The molecule has 0 saturated carbocycles. The van der Waals surface area contributed by atoms with Gasteiger partial charge in [0.1, 0.15) is 5.75 Å². The summed E-state index contributed by atoms with van der Waals surface area (Å²) >= 11 is 0. The molecule has 0 aliphatic heterocycles. The molecule has 1 unspecified atom stereocenters. The van der Waals surface area contributed by atoms with Gasteiger partial charge in [-0.3, -0.25) is 14.3 Å². The van der Waals surface area contributed by atoms with Gasteiger partial charge >= 0.3 is 0 Å². The maximum atomic E-state index is 12.8. The minimum absolute atomic E-state index is 0.0335. The average molecular weight is 528 g/mol. The monoisotopic (exact) mass is 527 g/mol. The van der Waals surface area contributed by atoms with Crippen LogP contribution in [-0.2, 0) is 10.1 Å². The van der Waals surface area contributed by atoms with Crippen LogP contribution in [0.15, 0.2) is 71.9 Å². The fraction of sp³-hybridized carbons (Fsp3) is 0.357. The van der Waals surface area contributed by atoms with E-state index < -0.39 is 10.1 Å². The van der Waals surface area contributed by atoms with Crippen LogP contribution in [0, 0.1) is 13.8 Å². The van der Waals surface area contributed by atoms with E-state index >= 15 is 0 Å². The van der Waals surface area contributed by atoms with E-state index in [0.717, 1.165) is 23.2 Å². The highest BCUT2D eigenvalue weighted by atomic mass is 32.2. The second kappa shape index (κ2) is 13.8. The Morgan fingerprint density at radius 3 is 2.14 bits per heavy atom. The van der Waals surface area contributed by atoms with Crippen LogP contribution in [0.5, 0.6) is 5.75 Å². The molecule has 1 atom stereocenters. The molecule has 2 N–H and O–H groups in total. The van der Waals surface area contributed by atoms with E-state index in [9.17, 15) is 13.2 Å². The SMILES string of the molecule is CCC(Nc1ccncc1)Oc1cc(C)cc(C(=O)N(CC)C(C)C)c1.Cc1ccc(S(=O)(=O)O)cc1. The van der Waals surface area contributed by atoms with Crippen molar-refractivity contribution in [1.29, 1.82) is 0 Å². The Morgan fingerprint density at radius 2 is 1.62 bits per heavy atom. The summed E-state index contributed by atoms with van der Waals surface area (Å²) in [5.74, 6) is 0.729. The van der Waals surface area contributed by atoms with Crippen LogP contribution in [0.25, 0.3) is 0 Å². The number of carbonyl (C=O) groups is 1. The molecule has 2 aromatic carbocycles. The number of nitrogens with zero attached hydrogens (tertiary/aromatic N) is 2. The van der Waals surface area contributed by atoms with Crippen molar-refractivity contribution in [2.45, 2.75) is 65.1 Å². The maximum Gasteiger partial charge on any atom is 0.294 e. The lowest BCUT2D eigenvalue weighted by Gasteiger charge is -2.26. The third-order valence-corrected chi connectivity index (χ3v) is 6.37. The number of carbonyl (C=O) groups excluding carboxylic acids is 1. The standard InChI is InChI=1S/C21H29N3O2.C7H8O3S/c1-6-20(23-18-8-10-22-11-9-18)26-19-13-16(5)12-17(14-19)21(25)24(7-2)15(3)4;1-6-2-4-7(5-3-6)11(8,9)10/h8-15,20H,6-7H2,1-5H3,(H,22,23);2-5H,1H3,(H,8,9,10). The lowest BCUT2D eigenvalue weighted by Crippen LogP contribution is -2.36. The zero-order valence-corrected chi connectivity index (χ0v) is 23.1. The summed E-state index contributed by atoms with van der Waals surface area (Å²) < 4.78 is 35.7. The number of hydrogen-bond donors (Lipinski definition) is 2. The summed E-state index contributed by atoms with van der Waals surface area (Å²) in [6.45, 7) is 12.6. The van der Waals surface area contributed by atoms with Gasteiger partial charge in [0.25, 0.3) is 16.0 Å². The van der Waals surface area contributed by atoms with Crippen LogP contribution in [0.3, 0.4) is 0 Å². The molecule has 0 aliphatic carbocycles. The first-order valence-electron chi connectivity index (χ1n) is 12.2. The Hall–Kier alpha value is -3.43. The predicted molar refractivity (Wildman–Crippen MR) is 147 cm³/mol. The number of aryl methyl sites for hydroxylation is 2. The first kappa shape index (κ1) is 29.8. The topological polar surface area (TPSA) is 109 Å². The molecule has 3 aromatic rings. The van der Waals surface area contributed by atoms with E-state index in [1.54, 1.807) is 24.5 Å². The minimum atomic E-state index is -4.02. The van der Waals surface area contributed by atoms with Gasteiger partial charge in [-0.1, -0.05) is 24.6 Å². The van der Waals surface area contributed by atoms with Crippen molar-refractivity contribution in [1.82, 2.24) is 9.88 Å². The fourth-order valence-electron chi connectivity index (χ4n) is 3.57.